The second-order valence-electron chi connectivity index (χ2n) is 5.54. The summed E-state index contributed by atoms with van der Waals surface area (Å²) in [6.07, 6.45) is 1.86. The zero-order chi connectivity index (χ0) is 17.8. The van der Waals surface area contributed by atoms with E-state index in [1.54, 1.807) is 17.6 Å². The lowest BCUT2D eigenvalue weighted by Gasteiger charge is -2.10. The van der Waals surface area contributed by atoms with Gasteiger partial charge in [-0.2, -0.15) is 0 Å². The van der Waals surface area contributed by atoms with E-state index < -0.39 is 0 Å². The van der Waals surface area contributed by atoms with Gasteiger partial charge in [-0.25, -0.2) is 0 Å². The molecule has 0 N–H and O–H groups in total. The fraction of sp³-hybridized carbons (Fsp3) is 0.412. The lowest BCUT2D eigenvalue weighted by atomic mass is 10.2. The third-order valence-electron chi connectivity index (χ3n) is 3.84. The van der Waals surface area contributed by atoms with Crippen molar-refractivity contribution in [3.05, 3.63) is 34.6 Å². The number of benzene rings is 1. The summed E-state index contributed by atoms with van der Waals surface area (Å²) in [5.74, 6) is 0.355. The lowest BCUT2D eigenvalue weighted by Crippen LogP contribution is -2.23. The number of fused-ring (bicyclic) bond motifs is 3. The number of rotatable bonds is 7. The maximum absolute atomic E-state index is 12.8. The molecule has 0 aliphatic rings. The van der Waals surface area contributed by atoms with E-state index in [2.05, 4.69) is 17.1 Å². The molecule has 7 nitrogen and oxygen atoms in total. The molecule has 0 bridgehead atoms. The quantitative estimate of drug-likeness (QED) is 0.476. The average Bonchev–Trinajstić information content (AvgIpc) is 3.04. The van der Waals surface area contributed by atoms with Crippen LogP contribution < -0.4 is 5.56 Å². The highest BCUT2D eigenvalue weighted by Crippen LogP contribution is 2.21. The fourth-order valence-corrected chi connectivity index (χ4v) is 3.41. The Kier molecular flexibility index (Phi) is 5.37. The molecule has 0 fully saturated rings. The minimum Gasteiger partial charge on any atom is -0.465 e. The molecule has 0 aliphatic heterocycles. The summed E-state index contributed by atoms with van der Waals surface area (Å²) in [5.41, 5.74) is 0.678. The SMILES string of the molecule is CCCCn1c(=O)c2ccccc2n2c(SCC(=O)OCC)nnc12. The molecule has 0 radical (unpaired) electrons. The maximum Gasteiger partial charge on any atom is 0.316 e. The number of aryl methyl sites for hydroxylation is 1. The molecule has 0 aliphatic carbocycles. The molecule has 132 valence electrons. The van der Waals surface area contributed by atoms with E-state index in [1.165, 1.54) is 11.8 Å². The molecule has 2 heterocycles. The van der Waals surface area contributed by atoms with Crippen molar-refractivity contribution < 1.29 is 9.53 Å². The van der Waals surface area contributed by atoms with Crippen LogP contribution >= 0.6 is 11.8 Å². The van der Waals surface area contributed by atoms with Gasteiger partial charge in [0.25, 0.3) is 5.56 Å². The third-order valence-corrected chi connectivity index (χ3v) is 4.74. The first-order chi connectivity index (χ1) is 12.2. The smallest absolute Gasteiger partial charge is 0.316 e. The number of esters is 1. The number of para-hydroxylation sites is 1. The summed E-state index contributed by atoms with van der Waals surface area (Å²) in [7, 11) is 0. The molecule has 0 saturated heterocycles. The van der Waals surface area contributed by atoms with Crippen LogP contribution in [0.5, 0.6) is 0 Å². The second kappa shape index (κ2) is 7.69. The maximum atomic E-state index is 12.8. The van der Waals surface area contributed by atoms with Crippen molar-refractivity contribution in [2.75, 3.05) is 12.4 Å². The molecule has 3 aromatic rings. The van der Waals surface area contributed by atoms with Gasteiger partial charge in [0.05, 0.1) is 23.3 Å². The van der Waals surface area contributed by atoms with Crippen molar-refractivity contribution in [3.63, 3.8) is 0 Å². The Morgan fingerprint density at radius 1 is 1.24 bits per heavy atom. The Hall–Kier alpha value is -2.35. The summed E-state index contributed by atoms with van der Waals surface area (Å²) >= 11 is 1.26. The van der Waals surface area contributed by atoms with Gasteiger partial charge in [-0.15, -0.1) is 10.2 Å². The Labute approximate surface area is 149 Å². The van der Waals surface area contributed by atoms with E-state index >= 15 is 0 Å². The van der Waals surface area contributed by atoms with Crippen LogP contribution in [-0.4, -0.2) is 37.5 Å². The van der Waals surface area contributed by atoms with Crippen molar-refractivity contribution in [3.8, 4) is 0 Å². The Morgan fingerprint density at radius 2 is 2.04 bits per heavy atom. The second-order valence-corrected chi connectivity index (χ2v) is 6.48. The van der Waals surface area contributed by atoms with Crippen molar-refractivity contribution in [1.29, 1.82) is 0 Å². The summed E-state index contributed by atoms with van der Waals surface area (Å²) in [6.45, 7) is 4.78. The molecular formula is C17H20N4O3S. The molecule has 0 saturated carbocycles. The van der Waals surface area contributed by atoms with Gasteiger partial charge in [-0.05, 0) is 25.5 Å². The van der Waals surface area contributed by atoms with Crippen molar-refractivity contribution >= 4 is 34.4 Å². The number of aromatic nitrogens is 4. The zero-order valence-corrected chi connectivity index (χ0v) is 15.1. The minimum atomic E-state index is -0.298. The van der Waals surface area contributed by atoms with E-state index in [0.29, 0.717) is 29.5 Å². The lowest BCUT2D eigenvalue weighted by molar-refractivity contribution is -0.139. The van der Waals surface area contributed by atoms with Crippen LogP contribution in [0.1, 0.15) is 26.7 Å². The topological polar surface area (TPSA) is 78.5 Å². The van der Waals surface area contributed by atoms with E-state index in [1.807, 2.05) is 22.6 Å². The predicted octanol–water partition coefficient (Wildman–Crippen LogP) is 2.50. The highest BCUT2D eigenvalue weighted by atomic mass is 32.2. The number of unbranched alkanes of at least 4 members (excludes halogenated alkanes) is 1. The molecule has 0 amide bonds. The summed E-state index contributed by atoms with van der Waals surface area (Å²) in [4.78, 5) is 24.5. The van der Waals surface area contributed by atoms with Crippen molar-refractivity contribution in [2.45, 2.75) is 38.4 Å². The van der Waals surface area contributed by atoms with E-state index in [9.17, 15) is 9.59 Å². The van der Waals surface area contributed by atoms with Gasteiger partial charge < -0.3 is 4.74 Å². The Morgan fingerprint density at radius 3 is 2.80 bits per heavy atom. The number of carbonyl (C=O) groups excluding carboxylic acids is 1. The third kappa shape index (κ3) is 3.39. The van der Waals surface area contributed by atoms with Crippen LogP contribution in [0.4, 0.5) is 0 Å². The molecule has 3 rings (SSSR count). The molecule has 0 atom stereocenters. The van der Waals surface area contributed by atoms with Gasteiger partial charge >= 0.3 is 5.97 Å². The molecule has 8 heteroatoms. The Balaban J connectivity index is 2.13. The number of nitrogens with zero attached hydrogens (tertiary/aromatic N) is 4. The number of carbonyl (C=O) groups is 1. The molecule has 2 aromatic heterocycles. The fourth-order valence-electron chi connectivity index (χ4n) is 2.67. The van der Waals surface area contributed by atoms with Gasteiger partial charge in [0.1, 0.15) is 0 Å². The van der Waals surface area contributed by atoms with Crippen molar-refractivity contribution in [2.24, 2.45) is 0 Å². The predicted molar refractivity (Wildman–Crippen MR) is 97.0 cm³/mol. The van der Waals surface area contributed by atoms with Crippen LogP contribution in [0.3, 0.4) is 0 Å². The van der Waals surface area contributed by atoms with Gasteiger partial charge in [0.2, 0.25) is 5.78 Å². The van der Waals surface area contributed by atoms with Crippen molar-refractivity contribution in [1.82, 2.24) is 19.2 Å². The largest absolute Gasteiger partial charge is 0.465 e. The molecule has 0 unspecified atom stereocenters. The highest BCUT2D eigenvalue weighted by Gasteiger charge is 2.17. The van der Waals surface area contributed by atoms with Gasteiger partial charge in [-0.1, -0.05) is 37.2 Å². The van der Waals surface area contributed by atoms with E-state index in [4.69, 9.17) is 4.74 Å². The molecule has 1 aromatic carbocycles. The first-order valence-corrected chi connectivity index (χ1v) is 9.31. The van der Waals surface area contributed by atoms with Crippen LogP contribution in [0.25, 0.3) is 16.7 Å². The summed E-state index contributed by atoms with van der Waals surface area (Å²) in [6, 6.07) is 7.39. The van der Waals surface area contributed by atoms with Crippen LogP contribution in [0, 0.1) is 0 Å². The van der Waals surface area contributed by atoms with Crippen LogP contribution in [0.15, 0.2) is 34.2 Å². The van der Waals surface area contributed by atoms with Crippen LogP contribution in [0.2, 0.25) is 0 Å². The minimum absolute atomic E-state index is 0.0640. The number of hydrogen-bond donors (Lipinski definition) is 0. The highest BCUT2D eigenvalue weighted by molar-refractivity contribution is 7.99. The molecule has 0 spiro atoms. The normalized spacial score (nSPS) is 11.3. The monoisotopic (exact) mass is 360 g/mol. The molecular weight excluding hydrogens is 340 g/mol. The van der Waals surface area contributed by atoms with E-state index in [0.717, 1.165) is 18.4 Å². The van der Waals surface area contributed by atoms with Crippen LogP contribution in [-0.2, 0) is 16.1 Å². The summed E-state index contributed by atoms with van der Waals surface area (Å²) < 4.78 is 8.47. The van der Waals surface area contributed by atoms with E-state index in [-0.39, 0.29) is 17.3 Å². The Bertz CT molecular complexity index is 964. The number of ether oxygens (including phenoxy) is 1. The van der Waals surface area contributed by atoms with Gasteiger partial charge in [0.15, 0.2) is 5.16 Å². The standard InChI is InChI=1S/C17H20N4O3S/c1-3-5-10-20-15(23)12-8-6-7-9-13(12)21-16(20)18-19-17(21)25-11-14(22)24-4-2/h6-9H,3-5,10-11H2,1-2H3. The zero-order valence-electron chi connectivity index (χ0n) is 14.3. The van der Waals surface area contributed by atoms with Gasteiger partial charge in [0, 0.05) is 6.54 Å². The first kappa shape index (κ1) is 17.5. The number of thioether (sulfide) groups is 1. The summed E-state index contributed by atoms with van der Waals surface area (Å²) in [5, 5.41) is 9.59. The van der Waals surface area contributed by atoms with Gasteiger partial charge in [-0.3, -0.25) is 18.6 Å². The molecule has 25 heavy (non-hydrogen) atoms. The average molecular weight is 360 g/mol. The number of hydrogen-bond acceptors (Lipinski definition) is 6. The first-order valence-electron chi connectivity index (χ1n) is 8.32.